The first-order chi connectivity index (χ1) is 8.20. The van der Waals surface area contributed by atoms with E-state index in [2.05, 4.69) is 31.6 Å². The van der Waals surface area contributed by atoms with Crippen LogP contribution in [0.1, 0.15) is 19.5 Å². The van der Waals surface area contributed by atoms with E-state index in [1.165, 1.54) is 0 Å². The molecule has 1 aromatic heterocycles. The Balaban J connectivity index is 2.20. The number of benzene rings is 1. The summed E-state index contributed by atoms with van der Waals surface area (Å²) >= 11 is 4.20. The maximum atomic E-state index is 5.64. The molecule has 2 rings (SSSR count). The number of aromatic nitrogens is 1. The van der Waals surface area contributed by atoms with Crippen molar-refractivity contribution >= 4 is 23.6 Å². The monoisotopic (exact) mass is 251 g/mol. The van der Waals surface area contributed by atoms with Crippen LogP contribution in [0.5, 0.6) is 5.75 Å². The van der Waals surface area contributed by atoms with Crippen molar-refractivity contribution in [2.45, 2.75) is 20.3 Å². The van der Waals surface area contributed by atoms with Gasteiger partial charge in [0.15, 0.2) is 5.58 Å². The molecule has 1 aromatic carbocycles. The van der Waals surface area contributed by atoms with Crippen LogP contribution in [0.3, 0.4) is 0 Å². The highest BCUT2D eigenvalue weighted by molar-refractivity contribution is 7.80. The van der Waals surface area contributed by atoms with Crippen LogP contribution in [0.25, 0.3) is 11.0 Å². The molecule has 0 radical (unpaired) electrons. The first-order valence-electron chi connectivity index (χ1n) is 5.82. The van der Waals surface area contributed by atoms with Gasteiger partial charge in [0.05, 0.1) is 12.3 Å². The predicted octanol–water partition coefficient (Wildman–Crippen LogP) is 3.33. The standard InChI is InChI=1S/C13H17NO2S/c1-9(2)8-15-10-3-4-11-12(5-6-17)14-16-13(11)7-10/h3-4,7,9,17H,5-6,8H2,1-2H3. The summed E-state index contributed by atoms with van der Waals surface area (Å²) < 4.78 is 10.9. The van der Waals surface area contributed by atoms with Crippen LogP contribution in [-0.2, 0) is 6.42 Å². The molecule has 0 saturated carbocycles. The third-order valence-electron chi connectivity index (χ3n) is 2.45. The Bertz CT molecular complexity index is 493. The maximum Gasteiger partial charge on any atom is 0.170 e. The van der Waals surface area contributed by atoms with Gasteiger partial charge in [-0.25, -0.2) is 0 Å². The molecule has 0 amide bonds. The van der Waals surface area contributed by atoms with Crippen LogP contribution < -0.4 is 4.74 Å². The molecule has 0 bridgehead atoms. The molecule has 0 unspecified atom stereocenters. The van der Waals surface area contributed by atoms with Gasteiger partial charge in [-0.05, 0) is 23.8 Å². The second-order valence-corrected chi connectivity index (χ2v) is 4.91. The number of hydrogen-bond donors (Lipinski definition) is 1. The Labute approximate surface area is 107 Å². The summed E-state index contributed by atoms with van der Waals surface area (Å²) in [5.74, 6) is 2.12. The van der Waals surface area contributed by atoms with E-state index in [1.807, 2.05) is 18.2 Å². The topological polar surface area (TPSA) is 35.3 Å². The Hall–Kier alpha value is -1.16. The summed E-state index contributed by atoms with van der Waals surface area (Å²) in [7, 11) is 0. The first-order valence-corrected chi connectivity index (χ1v) is 6.46. The average Bonchev–Trinajstić information content (AvgIpc) is 2.70. The number of rotatable bonds is 5. The molecule has 2 aromatic rings. The second-order valence-electron chi connectivity index (χ2n) is 4.47. The van der Waals surface area contributed by atoms with Crippen molar-refractivity contribution in [1.82, 2.24) is 5.16 Å². The van der Waals surface area contributed by atoms with Crippen molar-refractivity contribution in [3.05, 3.63) is 23.9 Å². The van der Waals surface area contributed by atoms with Gasteiger partial charge in [-0.2, -0.15) is 12.6 Å². The Kier molecular flexibility index (Phi) is 3.94. The van der Waals surface area contributed by atoms with Crippen molar-refractivity contribution in [1.29, 1.82) is 0 Å². The summed E-state index contributed by atoms with van der Waals surface area (Å²) in [4.78, 5) is 0. The summed E-state index contributed by atoms with van der Waals surface area (Å²) in [6, 6.07) is 5.86. The molecule has 3 nitrogen and oxygen atoms in total. The normalized spacial score (nSPS) is 11.3. The number of aryl methyl sites for hydroxylation is 1. The minimum absolute atomic E-state index is 0.514. The number of thiol groups is 1. The van der Waals surface area contributed by atoms with Gasteiger partial charge in [0.1, 0.15) is 5.75 Å². The van der Waals surface area contributed by atoms with E-state index in [0.717, 1.165) is 34.6 Å². The highest BCUT2D eigenvalue weighted by atomic mass is 32.1. The lowest BCUT2D eigenvalue weighted by molar-refractivity contribution is 0.271. The van der Waals surface area contributed by atoms with Crippen molar-refractivity contribution in [2.75, 3.05) is 12.4 Å². The van der Waals surface area contributed by atoms with Gasteiger partial charge in [-0.1, -0.05) is 19.0 Å². The van der Waals surface area contributed by atoms with Gasteiger partial charge in [-0.3, -0.25) is 0 Å². The molecular weight excluding hydrogens is 234 g/mol. The second kappa shape index (κ2) is 5.45. The molecule has 0 aliphatic rings. The van der Waals surface area contributed by atoms with Crippen LogP contribution in [0.4, 0.5) is 0 Å². The zero-order valence-corrected chi connectivity index (χ0v) is 11.0. The largest absolute Gasteiger partial charge is 0.493 e. The number of ether oxygens (including phenoxy) is 1. The quantitative estimate of drug-likeness (QED) is 0.828. The fourth-order valence-corrected chi connectivity index (χ4v) is 1.82. The first kappa shape index (κ1) is 12.3. The summed E-state index contributed by atoms with van der Waals surface area (Å²) in [5.41, 5.74) is 1.74. The average molecular weight is 251 g/mol. The van der Waals surface area contributed by atoms with E-state index >= 15 is 0 Å². The Morgan fingerprint density at radius 3 is 2.94 bits per heavy atom. The van der Waals surface area contributed by atoms with Crippen molar-refractivity contribution in [3.63, 3.8) is 0 Å². The van der Waals surface area contributed by atoms with Crippen molar-refractivity contribution in [3.8, 4) is 5.75 Å². The smallest absolute Gasteiger partial charge is 0.170 e. The van der Waals surface area contributed by atoms with E-state index in [0.29, 0.717) is 12.5 Å². The van der Waals surface area contributed by atoms with E-state index in [1.54, 1.807) is 0 Å². The zero-order valence-electron chi connectivity index (χ0n) is 10.1. The SMILES string of the molecule is CC(C)COc1ccc2c(CCS)noc2c1. The van der Waals surface area contributed by atoms with Crippen LogP contribution in [0.15, 0.2) is 22.7 Å². The molecule has 92 valence electrons. The molecule has 4 heteroatoms. The van der Waals surface area contributed by atoms with Gasteiger partial charge in [0.2, 0.25) is 0 Å². The van der Waals surface area contributed by atoms with E-state index in [9.17, 15) is 0 Å². The molecule has 17 heavy (non-hydrogen) atoms. The van der Waals surface area contributed by atoms with Crippen molar-refractivity contribution < 1.29 is 9.26 Å². The summed E-state index contributed by atoms with van der Waals surface area (Å²) in [6.07, 6.45) is 0.822. The molecule has 0 spiro atoms. The molecular formula is C13H17NO2S. The molecule has 0 saturated heterocycles. The molecule has 0 atom stereocenters. The number of fused-ring (bicyclic) bond motifs is 1. The van der Waals surface area contributed by atoms with Gasteiger partial charge in [-0.15, -0.1) is 0 Å². The van der Waals surface area contributed by atoms with E-state index in [4.69, 9.17) is 9.26 Å². The lowest BCUT2D eigenvalue weighted by atomic mass is 10.2. The Morgan fingerprint density at radius 1 is 1.41 bits per heavy atom. The minimum Gasteiger partial charge on any atom is -0.493 e. The Morgan fingerprint density at radius 2 is 2.24 bits per heavy atom. The third-order valence-corrected chi connectivity index (χ3v) is 2.67. The third kappa shape index (κ3) is 2.94. The van der Waals surface area contributed by atoms with Gasteiger partial charge in [0, 0.05) is 17.9 Å². The highest BCUT2D eigenvalue weighted by Crippen LogP contribution is 2.24. The molecule has 0 fully saturated rings. The fraction of sp³-hybridized carbons (Fsp3) is 0.462. The lowest BCUT2D eigenvalue weighted by Gasteiger charge is -2.07. The fourth-order valence-electron chi connectivity index (χ4n) is 1.61. The number of hydrogen-bond acceptors (Lipinski definition) is 4. The highest BCUT2D eigenvalue weighted by Gasteiger charge is 2.08. The zero-order chi connectivity index (χ0) is 12.3. The molecule has 0 N–H and O–H groups in total. The van der Waals surface area contributed by atoms with E-state index < -0.39 is 0 Å². The van der Waals surface area contributed by atoms with Gasteiger partial charge < -0.3 is 9.26 Å². The molecule has 1 heterocycles. The van der Waals surface area contributed by atoms with Crippen LogP contribution in [-0.4, -0.2) is 17.5 Å². The van der Waals surface area contributed by atoms with Crippen LogP contribution >= 0.6 is 12.6 Å². The lowest BCUT2D eigenvalue weighted by Crippen LogP contribution is -2.04. The van der Waals surface area contributed by atoms with Crippen LogP contribution in [0, 0.1) is 5.92 Å². The molecule has 0 aliphatic carbocycles. The van der Waals surface area contributed by atoms with Gasteiger partial charge in [0.25, 0.3) is 0 Å². The minimum atomic E-state index is 0.514. The number of nitrogens with zero attached hydrogens (tertiary/aromatic N) is 1. The molecule has 0 aliphatic heterocycles. The van der Waals surface area contributed by atoms with E-state index in [-0.39, 0.29) is 0 Å². The predicted molar refractivity (Wildman–Crippen MR) is 71.9 cm³/mol. The maximum absolute atomic E-state index is 5.64. The summed E-state index contributed by atoms with van der Waals surface area (Å²) in [6.45, 7) is 4.96. The van der Waals surface area contributed by atoms with Crippen molar-refractivity contribution in [2.24, 2.45) is 5.92 Å². The van der Waals surface area contributed by atoms with Crippen LogP contribution in [0.2, 0.25) is 0 Å². The van der Waals surface area contributed by atoms with Gasteiger partial charge >= 0.3 is 0 Å². The summed E-state index contributed by atoms with van der Waals surface area (Å²) in [5, 5.41) is 5.09.